The Labute approximate surface area is 107 Å². The second-order valence-electron chi connectivity index (χ2n) is 3.37. The van der Waals surface area contributed by atoms with Crippen molar-refractivity contribution in [2.24, 2.45) is 0 Å². The molecule has 0 amide bonds. The van der Waals surface area contributed by atoms with Gasteiger partial charge in [0.2, 0.25) is 0 Å². The summed E-state index contributed by atoms with van der Waals surface area (Å²) in [5.74, 6) is 0. The Kier molecular flexibility index (Phi) is 3.50. The third-order valence-corrected chi connectivity index (χ3v) is 3.65. The van der Waals surface area contributed by atoms with Gasteiger partial charge in [-0.2, -0.15) is 0 Å². The highest BCUT2D eigenvalue weighted by Gasteiger charge is 2.11. The highest BCUT2D eigenvalue weighted by molar-refractivity contribution is 7.10. The third kappa shape index (κ3) is 2.38. The Morgan fingerprint density at radius 1 is 1.38 bits per heavy atom. The van der Waals surface area contributed by atoms with E-state index >= 15 is 0 Å². The average Bonchev–Trinajstić information content (AvgIpc) is 2.66. The minimum absolute atomic E-state index is 0.551. The molecule has 0 aliphatic carbocycles. The zero-order valence-electron chi connectivity index (χ0n) is 8.45. The summed E-state index contributed by atoms with van der Waals surface area (Å²) in [7, 11) is 0. The molecular formula is C11H9Cl2NOS. The van der Waals surface area contributed by atoms with E-state index < -0.39 is 6.10 Å². The summed E-state index contributed by atoms with van der Waals surface area (Å²) in [6.45, 7) is 1.69. The van der Waals surface area contributed by atoms with Crippen LogP contribution in [0.2, 0.25) is 10.0 Å². The van der Waals surface area contributed by atoms with Gasteiger partial charge in [-0.3, -0.25) is 0 Å². The molecule has 0 aliphatic rings. The van der Waals surface area contributed by atoms with E-state index in [1.165, 1.54) is 11.3 Å². The number of rotatable bonds is 2. The van der Waals surface area contributed by atoms with Crippen molar-refractivity contribution in [3.8, 4) is 11.3 Å². The molecule has 0 bridgehead atoms. The minimum Gasteiger partial charge on any atom is -0.386 e. The quantitative estimate of drug-likeness (QED) is 0.891. The van der Waals surface area contributed by atoms with Gasteiger partial charge in [0.05, 0.1) is 10.7 Å². The fraction of sp³-hybridized carbons (Fsp3) is 0.182. The molecule has 84 valence electrons. The number of hydrogen-bond donors (Lipinski definition) is 1. The van der Waals surface area contributed by atoms with Crippen LogP contribution in [-0.2, 0) is 0 Å². The summed E-state index contributed by atoms with van der Waals surface area (Å²) in [4.78, 5) is 4.31. The van der Waals surface area contributed by atoms with Crippen molar-refractivity contribution in [1.29, 1.82) is 0 Å². The van der Waals surface area contributed by atoms with E-state index in [4.69, 9.17) is 23.2 Å². The summed E-state index contributed by atoms with van der Waals surface area (Å²) in [5, 5.41) is 13.1. The lowest BCUT2D eigenvalue weighted by molar-refractivity contribution is 0.199. The van der Waals surface area contributed by atoms with E-state index in [-0.39, 0.29) is 0 Å². The number of halogens is 2. The number of aliphatic hydroxyl groups excluding tert-OH is 1. The van der Waals surface area contributed by atoms with Gasteiger partial charge in [-0.15, -0.1) is 11.3 Å². The van der Waals surface area contributed by atoms with Gasteiger partial charge in [-0.25, -0.2) is 4.98 Å². The Bertz CT molecular complexity index is 510. The van der Waals surface area contributed by atoms with E-state index in [9.17, 15) is 5.11 Å². The first-order valence-corrected chi connectivity index (χ1v) is 6.30. The minimum atomic E-state index is -0.551. The zero-order chi connectivity index (χ0) is 11.7. The lowest BCUT2D eigenvalue weighted by atomic mass is 10.2. The smallest absolute Gasteiger partial charge is 0.122 e. The lowest BCUT2D eigenvalue weighted by Gasteiger charge is -2.01. The maximum Gasteiger partial charge on any atom is 0.122 e. The first kappa shape index (κ1) is 11.9. The van der Waals surface area contributed by atoms with Crippen LogP contribution in [0.15, 0.2) is 23.6 Å². The molecule has 1 heterocycles. The maximum absolute atomic E-state index is 9.39. The van der Waals surface area contributed by atoms with Crippen molar-refractivity contribution in [1.82, 2.24) is 4.98 Å². The Morgan fingerprint density at radius 2 is 2.12 bits per heavy atom. The predicted octanol–water partition coefficient (Wildman–Crippen LogP) is 4.17. The molecule has 1 N–H and O–H groups in total. The molecular weight excluding hydrogens is 265 g/mol. The molecule has 0 saturated heterocycles. The predicted molar refractivity (Wildman–Crippen MR) is 68.2 cm³/mol. The van der Waals surface area contributed by atoms with E-state index in [0.29, 0.717) is 15.1 Å². The number of hydrogen-bond acceptors (Lipinski definition) is 3. The number of thiazole rings is 1. The van der Waals surface area contributed by atoms with Crippen LogP contribution in [0.4, 0.5) is 0 Å². The van der Waals surface area contributed by atoms with Crippen LogP contribution in [0.25, 0.3) is 11.3 Å². The number of nitrogens with zero attached hydrogens (tertiary/aromatic N) is 1. The third-order valence-electron chi connectivity index (χ3n) is 2.09. The highest BCUT2D eigenvalue weighted by atomic mass is 35.5. The van der Waals surface area contributed by atoms with Crippen LogP contribution in [0.5, 0.6) is 0 Å². The van der Waals surface area contributed by atoms with Gasteiger partial charge in [0.15, 0.2) is 0 Å². The lowest BCUT2D eigenvalue weighted by Crippen LogP contribution is -1.89. The molecule has 16 heavy (non-hydrogen) atoms. The van der Waals surface area contributed by atoms with Gasteiger partial charge < -0.3 is 5.11 Å². The van der Waals surface area contributed by atoms with E-state index in [1.807, 2.05) is 11.4 Å². The largest absolute Gasteiger partial charge is 0.386 e. The highest BCUT2D eigenvalue weighted by Crippen LogP contribution is 2.32. The Balaban J connectivity index is 2.42. The van der Waals surface area contributed by atoms with Gasteiger partial charge >= 0.3 is 0 Å². The van der Waals surface area contributed by atoms with Gasteiger partial charge in [0, 0.05) is 16.0 Å². The Hall–Kier alpha value is -0.610. The van der Waals surface area contributed by atoms with E-state index in [2.05, 4.69) is 4.98 Å². The number of benzene rings is 1. The molecule has 0 fully saturated rings. The second kappa shape index (κ2) is 4.72. The van der Waals surface area contributed by atoms with Crippen molar-refractivity contribution >= 4 is 34.5 Å². The normalized spacial score (nSPS) is 12.8. The molecule has 2 aromatic rings. The van der Waals surface area contributed by atoms with Crippen molar-refractivity contribution in [3.05, 3.63) is 38.6 Å². The first-order chi connectivity index (χ1) is 7.58. The van der Waals surface area contributed by atoms with E-state index in [1.54, 1.807) is 19.1 Å². The Morgan fingerprint density at radius 3 is 2.69 bits per heavy atom. The monoisotopic (exact) mass is 273 g/mol. The van der Waals surface area contributed by atoms with Crippen molar-refractivity contribution in [3.63, 3.8) is 0 Å². The summed E-state index contributed by atoms with van der Waals surface area (Å²) < 4.78 is 0. The summed E-state index contributed by atoms with van der Waals surface area (Å²) in [5.41, 5.74) is 1.59. The zero-order valence-corrected chi connectivity index (χ0v) is 10.8. The topological polar surface area (TPSA) is 33.1 Å². The molecule has 2 nitrogen and oxygen atoms in total. The van der Waals surface area contributed by atoms with Crippen LogP contribution in [0, 0.1) is 0 Å². The number of aliphatic hydroxyl groups is 1. The molecule has 5 heteroatoms. The van der Waals surface area contributed by atoms with Gasteiger partial charge in [0.1, 0.15) is 11.1 Å². The van der Waals surface area contributed by atoms with Crippen LogP contribution >= 0.6 is 34.5 Å². The molecule has 0 radical (unpaired) electrons. The summed E-state index contributed by atoms with van der Waals surface area (Å²) >= 11 is 13.3. The van der Waals surface area contributed by atoms with Crippen LogP contribution in [-0.4, -0.2) is 10.1 Å². The molecule has 2 rings (SSSR count). The summed E-state index contributed by atoms with van der Waals surface area (Å²) in [6.07, 6.45) is -0.551. The summed E-state index contributed by atoms with van der Waals surface area (Å²) in [6, 6.07) is 5.27. The maximum atomic E-state index is 9.39. The molecule has 1 aromatic carbocycles. The molecule has 1 aromatic heterocycles. The standard InChI is InChI=1S/C11H9Cl2NOS/c1-6(15)11-14-10(5-16-11)8-3-2-7(12)4-9(8)13/h2-6,15H,1H3. The van der Waals surface area contributed by atoms with Crippen LogP contribution < -0.4 is 0 Å². The van der Waals surface area contributed by atoms with E-state index in [0.717, 1.165) is 11.3 Å². The van der Waals surface area contributed by atoms with Crippen LogP contribution in [0.1, 0.15) is 18.0 Å². The van der Waals surface area contributed by atoms with Gasteiger partial charge in [-0.1, -0.05) is 23.2 Å². The molecule has 1 atom stereocenters. The molecule has 0 saturated carbocycles. The molecule has 1 unspecified atom stereocenters. The van der Waals surface area contributed by atoms with Gasteiger partial charge in [0.25, 0.3) is 0 Å². The SMILES string of the molecule is CC(O)c1nc(-c2ccc(Cl)cc2Cl)cs1. The second-order valence-corrected chi connectivity index (χ2v) is 5.10. The molecule has 0 aliphatic heterocycles. The average molecular weight is 274 g/mol. The van der Waals surface area contributed by atoms with Crippen molar-refractivity contribution in [2.75, 3.05) is 0 Å². The van der Waals surface area contributed by atoms with Crippen LogP contribution in [0.3, 0.4) is 0 Å². The molecule has 0 spiro atoms. The fourth-order valence-corrected chi connectivity index (χ4v) is 2.57. The van der Waals surface area contributed by atoms with Gasteiger partial charge in [-0.05, 0) is 25.1 Å². The van der Waals surface area contributed by atoms with Crippen molar-refractivity contribution in [2.45, 2.75) is 13.0 Å². The number of aromatic nitrogens is 1. The first-order valence-electron chi connectivity index (χ1n) is 4.67. The van der Waals surface area contributed by atoms with Crippen molar-refractivity contribution < 1.29 is 5.11 Å². The fourth-order valence-electron chi connectivity index (χ4n) is 1.30.